The number of benzene rings is 1. The van der Waals surface area contributed by atoms with Crippen molar-refractivity contribution in [3.8, 4) is 0 Å². The number of aromatic nitrogens is 3. The number of hydrogen-bond donors (Lipinski definition) is 1. The Morgan fingerprint density at radius 3 is 2.64 bits per heavy atom. The van der Waals surface area contributed by atoms with Crippen LogP contribution in [0.2, 0.25) is 0 Å². The maximum Gasteiger partial charge on any atom is 0.339 e. The third-order valence-electron chi connectivity index (χ3n) is 3.84. The van der Waals surface area contributed by atoms with Gasteiger partial charge in [-0.25, -0.2) is 14.6 Å². The fourth-order valence-corrected chi connectivity index (χ4v) is 2.62. The van der Waals surface area contributed by atoms with E-state index in [4.69, 9.17) is 4.74 Å². The van der Waals surface area contributed by atoms with Gasteiger partial charge in [-0.1, -0.05) is 30.3 Å². The minimum atomic E-state index is -0.581. The van der Waals surface area contributed by atoms with E-state index >= 15 is 0 Å². The average Bonchev–Trinajstić information content (AvgIpc) is 2.59. The molecule has 0 radical (unpaired) electrons. The summed E-state index contributed by atoms with van der Waals surface area (Å²) in [4.78, 5) is 43.1. The van der Waals surface area contributed by atoms with Crippen LogP contribution in [0.4, 0.5) is 0 Å². The summed E-state index contributed by atoms with van der Waals surface area (Å²) in [7, 11) is 0. The molecular weight excluding hydrogens is 322 g/mol. The largest absolute Gasteiger partial charge is 0.462 e. The second kappa shape index (κ2) is 6.72. The Kier molecular flexibility index (Phi) is 4.47. The first-order valence-corrected chi connectivity index (χ1v) is 7.86. The van der Waals surface area contributed by atoms with E-state index in [-0.39, 0.29) is 29.7 Å². The van der Waals surface area contributed by atoms with Crippen molar-refractivity contribution in [2.75, 3.05) is 6.61 Å². The van der Waals surface area contributed by atoms with Crippen LogP contribution in [-0.4, -0.2) is 27.1 Å². The molecule has 0 saturated heterocycles. The van der Waals surface area contributed by atoms with Crippen molar-refractivity contribution in [3.05, 3.63) is 74.1 Å². The zero-order chi connectivity index (χ0) is 18.0. The molecule has 3 rings (SSSR count). The third kappa shape index (κ3) is 3.21. The maximum absolute atomic E-state index is 12.3. The molecule has 0 bridgehead atoms. The van der Waals surface area contributed by atoms with E-state index in [0.29, 0.717) is 5.69 Å². The molecule has 7 nitrogen and oxygen atoms in total. The SMILES string of the molecule is CCOC(=O)c1cc2c(=O)[nH]c(=O)n(Cc3ccccc3)c2nc1C. The van der Waals surface area contributed by atoms with Gasteiger partial charge in [-0.3, -0.25) is 14.3 Å². The van der Waals surface area contributed by atoms with Crippen molar-refractivity contribution in [1.82, 2.24) is 14.5 Å². The van der Waals surface area contributed by atoms with Gasteiger partial charge in [0.1, 0.15) is 5.65 Å². The number of H-pyrrole nitrogens is 1. The summed E-state index contributed by atoms with van der Waals surface area (Å²) in [6.45, 7) is 3.83. The van der Waals surface area contributed by atoms with Gasteiger partial charge in [0.05, 0.1) is 29.8 Å². The minimum Gasteiger partial charge on any atom is -0.462 e. The van der Waals surface area contributed by atoms with Gasteiger partial charge in [0.25, 0.3) is 5.56 Å². The molecule has 0 aliphatic rings. The molecule has 0 aliphatic heterocycles. The van der Waals surface area contributed by atoms with Crippen LogP contribution in [0.25, 0.3) is 11.0 Å². The molecule has 0 aliphatic carbocycles. The molecule has 25 heavy (non-hydrogen) atoms. The number of carbonyl (C=O) groups excluding carboxylic acids is 1. The van der Waals surface area contributed by atoms with E-state index in [2.05, 4.69) is 9.97 Å². The lowest BCUT2D eigenvalue weighted by Gasteiger charge is -2.11. The Morgan fingerprint density at radius 1 is 1.24 bits per heavy atom. The number of pyridine rings is 1. The van der Waals surface area contributed by atoms with Gasteiger partial charge in [0.15, 0.2) is 0 Å². The van der Waals surface area contributed by atoms with Gasteiger partial charge < -0.3 is 4.74 Å². The van der Waals surface area contributed by atoms with Crippen molar-refractivity contribution in [2.24, 2.45) is 0 Å². The highest BCUT2D eigenvalue weighted by molar-refractivity contribution is 5.94. The standard InChI is InChI=1S/C18H17N3O4/c1-3-25-17(23)13-9-14-15(19-11(13)2)21(18(24)20-16(14)22)10-12-7-5-4-6-8-12/h4-9H,3,10H2,1-2H3,(H,20,22,24). The van der Waals surface area contributed by atoms with E-state index < -0.39 is 17.2 Å². The number of ether oxygens (including phenoxy) is 1. The first-order chi connectivity index (χ1) is 12.0. The summed E-state index contributed by atoms with van der Waals surface area (Å²) < 4.78 is 6.37. The second-order valence-corrected chi connectivity index (χ2v) is 5.54. The predicted octanol–water partition coefficient (Wildman–Crippen LogP) is 1.62. The van der Waals surface area contributed by atoms with Crippen LogP contribution >= 0.6 is 0 Å². The lowest BCUT2D eigenvalue weighted by Crippen LogP contribution is -2.31. The lowest BCUT2D eigenvalue weighted by molar-refractivity contribution is 0.0525. The van der Waals surface area contributed by atoms with E-state index in [9.17, 15) is 14.4 Å². The van der Waals surface area contributed by atoms with Crippen LogP contribution in [0.15, 0.2) is 46.0 Å². The molecule has 0 atom stereocenters. The highest BCUT2D eigenvalue weighted by Crippen LogP contribution is 2.14. The summed E-state index contributed by atoms with van der Waals surface area (Å²) in [6.07, 6.45) is 0. The summed E-state index contributed by atoms with van der Waals surface area (Å²) in [6, 6.07) is 10.8. The molecule has 7 heteroatoms. The Labute approximate surface area is 142 Å². The fraction of sp³-hybridized carbons (Fsp3) is 0.222. The number of nitrogens with zero attached hydrogens (tertiary/aromatic N) is 2. The first-order valence-electron chi connectivity index (χ1n) is 7.86. The quantitative estimate of drug-likeness (QED) is 0.729. The summed E-state index contributed by atoms with van der Waals surface area (Å²) in [5, 5.41) is 0.171. The van der Waals surface area contributed by atoms with Crippen molar-refractivity contribution in [3.63, 3.8) is 0 Å². The maximum atomic E-state index is 12.3. The van der Waals surface area contributed by atoms with Crippen LogP contribution in [0.1, 0.15) is 28.5 Å². The van der Waals surface area contributed by atoms with Gasteiger partial charge in [-0.15, -0.1) is 0 Å². The molecule has 1 aromatic carbocycles. The molecule has 0 amide bonds. The number of hydrogen-bond acceptors (Lipinski definition) is 5. The molecule has 0 saturated carbocycles. The van der Waals surface area contributed by atoms with Crippen molar-refractivity contribution >= 4 is 17.0 Å². The number of fused-ring (bicyclic) bond motifs is 1. The number of esters is 1. The zero-order valence-electron chi connectivity index (χ0n) is 13.9. The molecule has 0 spiro atoms. The molecule has 2 heterocycles. The summed E-state index contributed by atoms with van der Waals surface area (Å²) in [5.74, 6) is -0.547. The lowest BCUT2D eigenvalue weighted by atomic mass is 10.1. The second-order valence-electron chi connectivity index (χ2n) is 5.54. The van der Waals surface area contributed by atoms with Gasteiger partial charge >= 0.3 is 11.7 Å². The molecule has 1 N–H and O–H groups in total. The van der Waals surface area contributed by atoms with E-state index in [1.165, 1.54) is 10.6 Å². The van der Waals surface area contributed by atoms with Crippen LogP contribution in [0.5, 0.6) is 0 Å². The number of carbonyl (C=O) groups is 1. The number of aryl methyl sites for hydroxylation is 1. The van der Waals surface area contributed by atoms with Crippen molar-refractivity contribution in [1.29, 1.82) is 0 Å². The minimum absolute atomic E-state index is 0.171. The summed E-state index contributed by atoms with van der Waals surface area (Å²) >= 11 is 0. The van der Waals surface area contributed by atoms with Crippen molar-refractivity contribution in [2.45, 2.75) is 20.4 Å². The predicted molar refractivity (Wildman–Crippen MR) is 92.9 cm³/mol. The van der Waals surface area contributed by atoms with Gasteiger partial charge in [0, 0.05) is 0 Å². The van der Waals surface area contributed by atoms with Crippen LogP contribution < -0.4 is 11.2 Å². The number of nitrogens with one attached hydrogen (secondary N) is 1. The molecule has 0 unspecified atom stereocenters. The Hall–Kier alpha value is -3.22. The molecule has 2 aromatic heterocycles. The molecule has 128 valence electrons. The highest BCUT2D eigenvalue weighted by atomic mass is 16.5. The van der Waals surface area contributed by atoms with Gasteiger partial charge in [-0.2, -0.15) is 0 Å². The zero-order valence-corrected chi connectivity index (χ0v) is 13.9. The number of aromatic amines is 1. The smallest absolute Gasteiger partial charge is 0.339 e. The monoisotopic (exact) mass is 339 g/mol. The summed E-state index contributed by atoms with van der Waals surface area (Å²) in [5.41, 5.74) is 0.622. The van der Waals surface area contributed by atoms with Gasteiger partial charge in [-0.05, 0) is 25.5 Å². The Morgan fingerprint density at radius 2 is 1.96 bits per heavy atom. The highest BCUT2D eigenvalue weighted by Gasteiger charge is 2.17. The normalized spacial score (nSPS) is 10.8. The van der Waals surface area contributed by atoms with E-state index in [0.717, 1.165) is 5.56 Å². The Bertz CT molecular complexity index is 1050. The molecule has 3 aromatic rings. The average molecular weight is 339 g/mol. The van der Waals surface area contributed by atoms with E-state index in [1.54, 1.807) is 13.8 Å². The van der Waals surface area contributed by atoms with Crippen LogP contribution in [0.3, 0.4) is 0 Å². The molecular formula is C18H17N3O4. The van der Waals surface area contributed by atoms with E-state index in [1.807, 2.05) is 30.3 Å². The molecule has 0 fully saturated rings. The third-order valence-corrected chi connectivity index (χ3v) is 3.84. The number of rotatable bonds is 4. The Balaban J connectivity index is 2.22. The first kappa shape index (κ1) is 16.6. The van der Waals surface area contributed by atoms with Crippen LogP contribution in [-0.2, 0) is 11.3 Å². The van der Waals surface area contributed by atoms with Gasteiger partial charge in [0.2, 0.25) is 0 Å². The van der Waals surface area contributed by atoms with Crippen molar-refractivity contribution < 1.29 is 9.53 Å². The van der Waals surface area contributed by atoms with Crippen LogP contribution in [0, 0.1) is 6.92 Å². The fourth-order valence-electron chi connectivity index (χ4n) is 2.62. The topological polar surface area (TPSA) is 94.0 Å².